The van der Waals surface area contributed by atoms with Crippen LogP contribution in [0, 0.1) is 5.41 Å². The normalized spacial score (nSPS) is 19.4. The molecule has 25 heavy (non-hydrogen) atoms. The van der Waals surface area contributed by atoms with E-state index in [4.69, 9.17) is 16.3 Å². The third-order valence-corrected chi connectivity index (χ3v) is 4.66. The van der Waals surface area contributed by atoms with Crippen LogP contribution >= 0.6 is 11.6 Å². The highest BCUT2D eigenvalue weighted by Crippen LogP contribution is 2.49. The second kappa shape index (κ2) is 6.49. The van der Waals surface area contributed by atoms with Crippen molar-refractivity contribution >= 4 is 29.1 Å². The molecule has 0 bridgehead atoms. The molecule has 1 aromatic rings. The van der Waals surface area contributed by atoms with Crippen molar-refractivity contribution < 1.29 is 27.5 Å². The lowest BCUT2D eigenvalue weighted by Crippen LogP contribution is -2.47. The number of morpholine rings is 1. The number of alkyl halides is 3. The molecule has 9 heteroatoms. The zero-order chi connectivity index (χ0) is 18.2. The Hall–Kier alpha value is -1.80. The van der Waals surface area contributed by atoms with Crippen LogP contribution in [-0.2, 0) is 20.5 Å². The van der Waals surface area contributed by atoms with Gasteiger partial charge in [0.25, 0.3) is 0 Å². The molecule has 5 nitrogen and oxygen atoms in total. The molecule has 1 saturated carbocycles. The number of nitrogens with zero attached hydrogens (tertiary/aromatic N) is 1. The van der Waals surface area contributed by atoms with Gasteiger partial charge in [0.15, 0.2) is 0 Å². The third kappa shape index (κ3) is 3.59. The maximum atomic E-state index is 13.1. The summed E-state index contributed by atoms with van der Waals surface area (Å²) in [7, 11) is 0. The number of rotatable bonds is 3. The molecule has 0 aromatic heterocycles. The van der Waals surface area contributed by atoms with Gasteiger partial charge in [-0.15, -0.1) is 0 Å². The molecule has 2 amide bonds. The lowest BCUT2D eigenvalue weighted by molar-refractivity contribution is -0.145. The summed E-state index contributed by atoms with van der Waals surface area (Å²) in [5, 5.41) is 2.18. The molecule has 0 atom stereocenters. The van der Waals surface area contributed by atoms with E-state index in [1.54, 1.807) is 0 Å². The number of benzene rings is 1. The minimum atomic E-state index is -4.67. The van der Waals surface area contributed by atoms with Crippen LogP contribution in [0.4, 0.5) is 18.9 Å². The van der Waals surface area contributed by atoms with Crippen molar-refractivity contribution in [2.24, 2.45) is 5.41 Å². The summed E-state index contributed by atoms with van der Waals surface area (Å²) >= 11 is 5.63. The van der Waals surface area contributed by atoms with Crippen molar-refractivity contribution in [3.8, 4) is 0 Å². The van der Waals surface area contributed by atoms with Gasteiger partial charge in [0.2, 0.25) is 11.8 Å². The first-order chi connectivity index (χ1) is 11.7. The van der Waals surface area contributed by atoms with Crippen LogP contribution in [0.25, 0.3) is 0 Å². The topological polar surface area (TPSA) is 58.6 Å². The Balaban J connectivity index is 1.79. The summed E-state index contributed by atoms with van der Waals surface area (Å²) in [5.41, 5.74) is -2.72. The molecule has 1 N–H and O–H groups in total. The molecule has 2 fully saturated rings. The average Bonchev–Trinajstić information content (AvgIpc) is 3.37. The fourth-order valence-electron chi connectivity index (χ4n) is 2.83. The van der Waals surface area contributed by atoms with E-state index in [1.807, 2.05) is 0 Å². The first-order valence-electron chi connectivity index (χ1n) is 7.79. The smallest absolute Gasteiger partial charge is 0.378 e. The first kappa shape index (κ1) is 18.0. The van der Waals surface area contributed by atoms with Crippen LogP contribution in [0.15, 0.2) is 18.2 Å². The minimum absolute atomic E-state index is 0.0872. The van der Waals surface area contributed by atoms with E-state index >= 15 is 0 Å². The van der Waals surface area contributed by atoms with Gasteiger partial charge in [-0.1, -0.05) is 11.6 Å². The molecule has 3 rings (SSSR count). The highest BCUT2D eigenvalue weighted by molar-refractivity contribution is 6.30. The van der Waals surface area contributed by atoms with Gasteiger partial charge in [0.05, 0.1) is 24.5 Å². The van der Waals surface area contributed by atoms with Crippen LogP contribution in [-0.4, -0.2) is 43.0 Å². The van der Waals surface area contributed by atoms with Gasteiger partial charge >= 0.3 is 6.18 Å². The van der Waals surface area contributed by atoms with Crippen molar-refractivity contribution in [2.75, 3.05) is 31.6 Å². The standard InChI is InChI=1S/C16H16ClF3N2O3/c17-10-1-2-12(11(9-10)16(18,19)20)21-13(23)15(3-4-15)14(24)22-5-7-25-8-6-22/h1-2,9H,3-8H2,(H,21,23). The zero-order valence-corrected chi connectivity index (χ0v) is 13.9. The van der Waals surface area contributed by atoms with Crippen LogP contribution < -0.4 is 5.32 Å². The summed E-state index contributed by atoms with van der Waals surface area (Å²) in [4.78, 5) is 26.7. The van der Waals surface area contributed by atoms with Crippen LogP contribution in [0.5, 0.6) is 0 Å². The summed E-state index contributed by atoms with van der Waals surface area (Å²) in [6.07, 6.45) is -4.02. The van der Waals surface area contributed by atoms with Crippen LogP contribution in [0.2, 0.25) is 5.02 Å². The number of ether oxygens (including phenoxy) is 1. The minimum Gasteiger partial charge on any atom is -0.378 e. The van der Waals surface area contributed by atoms with Crippen molar-refractivity contribution in [2.45, 2.75) is 19.0 Å². The number of nitrogens with one attached hydrogen (secondary N) is 1. The van der Waals surface area contributed by atoms with E-state index < -0.39 is 28.7 Å². The predicted molar refractivity (Wildman–Crippen MR) is 84.1 cm³/mol. The molecular formula is C16H16ClF3N2O3. The number of hydrogen-bond donors (Lipinski definition) is 1. The molecule has 136 valence electrons. The van der Waals surface area contributed by atoms with Crippen LogP contribution in [0.1, 0.15) is 18.4 Å². The molecule has 1 aliphatic carbocycles. The maximum absolute atomic E-state index is 13.1. The number of anilines is 1. The molecule has 1 aromatic carbocycles. The van der Waals surface area contributed by atoms with E-state index in [2.05, 4.69) is 5.32 Å². The number of halogens is 4. The Morgan fingerprint density at radius 3 is 2.40 bits per heavy atom. The lowest BCUT2D eigenvalue weighted by Gasteiger charge is -2.30. The van der Waals surface area contributed by atoms with E-state index in [-0.39, 0.29) is 10.9 Å². The number of carbonyl (C=O) groups excluding carboxylic acids is 2. The molecular weight excluding hydrogens is 361 g/mol. The Morgan fingerprint density at radius 1 is 1.20 bits per heavy atom. The predicted octanol–water partition coefficient (Wildman–Crippen LogP) is 2.94. The molecule has 0 spiro atoms. The highest BCUT2D eigenvalue weighted by Gasteiger charge is 2.58. The number of hydrogen-bond acceptors (Lipinski definition) is 3. The third-order valence-electron chi connectivity index (χ3n) is 4.43. The molecule has 0 unspecified atom stereocenters. The van der Waals surface area contributed by atoms with Gasteiger partial charge < -0.3 is 15.0 Å². The molecule has 1 aliphatic heterocycles. The highest BCUT2D eigenvalue weighted by atomic mass is 35.5. The first-order valence-corrected chi connectivity index (χ1v) is 8.17. The average molecular weight is 377 g/mol. The van der Waals surface area contributed by atoms with E-state index in [0.29, 0.717) is 39.1 Å². The molecule has 0 radical (unpaired) electrons. The van der Waals surface area contributed by atoms with Crippen molar-refractivity contribution in [1.29, 1.82) is 0 Å². The molecule has 2 aliphatic rings. The van der Waals surface area contributed by atoms with Gasteiger partial charge in [-0.25, -0.2) is 0 Å². The van der Waals surface area contributed by atoms with Gasteiger partial charge in [0.1, 0.15) is 5.41 Å². The maximum Gasteiger partial charge on any atom is 0.418 e. The van der Waals surface area contributed by atoms with Gasteiger partial charge in [-0.05, 0) is 31.0 Å². The Labute approximate surface area is 147 Å². The number of carbonyl (C=O) groups is 2. The zero-order valence-electron chi connectivity index (χ0n) is 13.2. The van der Waals surface area contributed by atoms with Crippen molar-refractivity contribution in [3.05, 3.63) is 28.8 Å². The second-order valence-corrected chi connectivity index (χ2v) is 6.56. The lowest BCUT2D eigenvalue weighted by atomic mass is 10.0. The summed E-state index contributed by atoms with van der Waals surface area (Å²) in [6.45, 7) is 1.53. The Bertz CT molecular complexity index is 698. The summed E-state index contributed by atoms with van der Waals surface area (Å²) in [5.74, 6) is -1.06. The second-order valence-electron chi connectivity index (χ2n) is 6.13. The quantitative estimate of drug-likeness (QED) is 0.825. The Kier molecular flexibility index (Phi) is 4.68. The van der Waals surface area contributed by atoms with Gasteiger partial charge in [-0.2, -0.15) is 13.2 Å². The van der Waals surface area contributed by atoms with Crippen LogP contribution in [0.3, 0.4) is 0 Å². The fourth-order valence-corrected chi connectivity index (χ4v) is 3.01. The van der Waals surface area contributed by atoms with E-state index in [9.17, 15) is 22.8 Å². The van der Waals surface area contributed by atoms with Gasteiger partial charge in [0, 0.05) is 18.1 Å². The largest absolute Gasteiger partial charge is 0.418 e. The van der Waals surface area contributed by atoms with Crippen molar-refractivity contribution in [1.82, 2.24) is 4.90 Å². The molecule has 1 saturated heterocycles. The summed E-state index contributed by atoms with van der Waals surface area (Å²) < 4.78 is 44.6. The number of amides is 2. The molecule has 1 heterocycles. The Morgan fingerprint density at radius 2 is 1.84 bits per heavy atom. The summed E-state index contributed by atoms with van der Waals surface area (Å²) in [6, 6.07) is 3.11. The van der Waals surface area contributed by atoms with Crippen molar-refractivity contribution in [3.63, 3.8) is 0 Å². The van der Waals surface area contributed by atoms with E-state index in [0.717, 1.165) is 12.1 Å². The van der Waals surface area contributed by atoms with Gasteiger partial charge in [-0.3, -0.25) is 9.59 Å². The monoisotopic (exact) mass is 376 g/mol. The fraction of sp³-hybridized carbons (Fsp3) is 0.500. The SMILES string of the molecule is O=C(Nc1ccc(Cl)cc1C(F)(F)F)C1(C(=O)N2CCOCC2)CC1. The van der Waals surface area contributed by atoms with E-state index in [1.165, 1.54) is 11.0 Å².